The fraction of sp³-hybridized carbons (Fsp3) is 0.333. The molecule has 1 aromatic carbocycles. The van der Waals surface area contributed by atoms with E-state index >= 15 is 0 Å². The lowest BCUT2D eigenvalue weighted by Gasteiger charge is -2.23. The normalized spacial score (nSPS) is 20.9. The predicted octanol–water partition coefficient (Wildman–Crippen LogP) is 1.48. The Kier molecular flexibility index (Phi) is 2.72. The van der Waals surface area contributed by atoms with Crippen LogP contribution in [0.3, 0.4) is 0 Å². The summed E-state index contributed by atoms with van der Waals surface area (Å²) in [5.41, 5.74) is -1.63. The highest BCUT2D eigenvalue weighted by Crippen LogP contribution is 2.26. The van der Waals surface area contributed by atoms with Crippen molar-refractivity contribution >= 4 is 28.2 Å². The molecule has 8 nitrogen and oxygen atoms in total. The SMILES string of the molecule is [2H]C([2H])([2H])c1nc2cccc([N+](=O)[O-])c2c(=O)n1C1CCC(=O)CC1=O. The lowest BCUT2D eigenvalue weighted by atomic mass is 9.92. The molecule has 1 unspecified atom stereocenters. The number of carbonyl (C=O) groups excluding carboxylic acids is 2. The zero-order valence-corrected chi connectivity index (χ0v) is 11.8. The number of rotatable bonds is 2. The molecule has 0 bridgehead atoms. The molecule has 118 valence electrons. The number of nitrogens with zero attached hydrogens (tertiary/aromatic N) is 3. The molecule has 1 aromatic heterocycles. The minimum absolute atomic E-state index is 0.0121. The zero-order chi connectivity index (χ0) is 19.2. The summed E-state index contributed by atoms with van der Waals surface area (Å²) >= 11 is 0. The van der Waals surface area contributed by atoms with Crippen LogP contribution in [0.25, 0.3) is 10.9 Å². The van der Waals surface area contributed by atoms with Crippen LogP contribution < -0.4 is 5.56 Å². The highest BCUT2D eigenvalue weighted by atomic mass is 16.6. The number of ketones is 2. The molecule has 0 N–H and O–H groups in total. The molecule has 3 rings (SSSR count). The summed E-state index contributed by atoms with van der Waals surface area (Å²) in [5, 5.41) is 10.9. The monoisotopic (exact) mass is 318 g/mol. The van der Waals surface area contributed by atoms with E-state index in [-0.39, 0.29) is 29.5 Å². The lowest BCUT2D eigenvalue weighted by molar-refractivity contribution is -0.383. The molecule has 1 aliphatic carbocycles. The first kappa shape index (κ1) is 11.6. The molecular weight excluding hydrogens is 302 g/mol. The fourth-order valence-corrected chi connectivity index (χ4v) is 2.80. The zero-order valence-electron chi connectivity index (χ0n) is 14.8. The van der Waals surface area contributed by atoms with Crippen LogP contribution in [-0.4, -0.2) is 26.0 Å². The number of aromatic nitrogens is 2. The van der Waals surface area contributed by atoms with E-state index in [1.165, 1.54) is 12.1 Å². The van der Waals surface area contributed by atoms with Crippen LogP contribution in [0.15, 0.2) is 23.0 Å². The third-order valence-electron chi connectivity index (χ3n) is 3.86. The first-order valence-electron chi connectivity index (χ1n) is 8.36. The number of Topliss-reactive ketones (excluding diaryl/α,β-unsaturated/α-hetero) is 2. The number of hydrogen-bond donors (Lipinski definition) is 0. The maximum absolute atomic E-state index is 13.0. The van der Waals surface area contributed by atoms with Gasteiger partial charge in [0, 0.05) is 16.6 Å². The van der Waals surface area contributed by atoms with Gasteiger partial charge in [0.25, 0.3) is 11.2 Å². The van der Waals surface area contributed by atoms with Gasteiger partial charge in [-0.15, -0.1) is 0 Å². The lowest BCUT2D eigenvalue weighted by Crippen LogP contribution is -2.36. The van der Waals surface area contributed by atoms with Crippen molar-refractivity contribution in [2.45, 2.75) is 32.2 Å². The molecule has 0 aliphatic heterocycles. The van der Waals surface area contributed by atoms with Crippen molar-refractivity contribution in [2.75, 3.05) is 0 Å². The first-order valence-corrected chi connectivity index (χ1v) is 6.86. The molecule has 1 heterocycles. The van der Waals surface area contributed by atoms with Gasteiger partial charge in [-0.2, -0.15) is 0 Å². The molecule has 23 heavy (non-hydrogen) atoms. The quantitative estimate of drug-likeness (QED) is 0.471. The molecule has 1 atom stereocenters. The third-order valence-corrected chi connectivity index (χ3v) is 3.86. The van der Waals surface area contributed by atoms with E-state index in [9.17, 15) is 24.5 Å². The molecule has 0 spiro atoms. The number of benzene rings is 1. The molecular formula is C15H13N3O5. The summed E-state index contributed by atoms with van der Waals surface area (Å²) in [6.45, 7) is -2.82. The number of nitro groups is 1. The highest BCUT2D eigenvalue weighted by molar-refractivity contribution is 6.03. The standard InChI is InChI=1S/C15H13N3O5/c1-8-16-10-3-2-4-12(18(22)23)14(10)15(21)17(8)11-6-5-9(19)7-13(11)20/h2-4,11H,5-7H2,1H3/i1D3. The fourth-order valence-electron chi connectivity index (χ4n) is 2.80. The number of aryl methyl sites for hydroxylation is 1. The molecule has 1 fully saturated rings. The minimum atomic E-state index is -2.82. The summed E-state index contributed by atoms with van der Waals surface area (Å²) in [5.74, 6) is -1.52. The number of carbonyl (C=O) groups is 2. The van der Waals surface area contributed by atoms with Gasteiger partial charge in [0.1, 0.15) is 17.0 Å². The highest BCUT2D eigenvalue weighted by Gasteiger charge is 2.31. The Labute approximate surface area is 134 Å². The molecule has 2 aromatic rings. The molecule has 8 heteroatoms. The molecule has 1 aliphatic rings. The van der Waals surface area contributed by atoms with Gasteiger partial charge in [0.2, 0.25) is 0 Å². The summed E-state index contributed by atoms with van der Waals surface area (Å²) in [6, 6.07) is 2.52. The Morgan fingerprint density at radius 3 is 2.83 bits per heavy atom. The van der Waals surface area contributed by atoms with E-state index in [0.29, 0.717) is 4.57 Å². The van der Waals surface area contributed by atoms with Crippen molar-refractivity contribution in [1.82, 2.24) is 9.55 Å². The first-order chi connectivity index (χ1) is 12.1. The molecule has 0 saturated heterocycles. The molecule has 0 radical (unpaired) electrons. The van der Waals surface area contributed by atoms with Crippen molar-refractivity contribution in [3.8, 4) is 0 Å². The second-order valence-corrected chi connectivity index (χ2v) is 5.28. The third kappa shape index (κ3) is 2.41. The molecule has 1 saturated carbocycles. The Bertz CT molecular complexity index is 1010. The van der Waals surface area contributed by atoms with Gasteiger partial charge in [0.05, 0.1) is 22.9 Å². The van der Waals surface area contributed by atoms with Gasteiger partial charge in [-0.25, -0.2) is 4.98 Å². The maximum Gasteiger partial charge on any atom is 0.284 e. The van der Waals surface area contributed by atoms with Crippen molar-refractivity contribution in [3.05, 3.63) is 44.5 Å². The van der Waals surface area contributed by atoms with Gasteiger partial charge >= 0.3 is 0 Å². The van der Waals surface area contributed by atoms with Crippen LogP contribution in [0.4, 0.5) is 5.69 Å². The van der Waals surface area contributed by atoms with Crippen LogP contribution >= 0.6 is 0 Å². The van der Waals surface area contributed by atoms with E-state index in [1.807, 2.05) is 0 Å². The van der Waals surface area contributed by atoms with Gasteiger partial charge in [-0.3, -0.25) is 29.1 Å². The van der Waals surface area contributed by atoms with Gasteiger partial charge in [-0.05, 0) is 19.3 Å². The number of nitro benzene ring substituents is 1. The van der Waals surface area contributed by atoms with Crippen molar-refractivity contribution in [1.29, 1.82) is 0 Å². The number of fused-ring (bicyclic) bond motifs is 1. The Hall–Kier alpha value is -2.90. The van der Waals surface area contributed by atoms with Gasteiger partial charge in [-0.1, -0.05) is 6.07 Å². The van der Waals surface area contributed by atoms with Crippen molar-refractivity contribution < 1.29 is 18.6 Å². The predicted molar refractivity (Wildman–Crippen MR) is 80.3 cm³/mol. The van der Waals surface area contributed by atoms with Gasteiger partial charge < -0.3 is 0 Å². The van der Waals surface area contributed by atoms with Crippen LogP contribution in [0.1, 0.15) is 35.2 Å². The second-order valence-electron chi connectivity index (χ2n) is 5.28. The summed E-state index contributed by atoms with van der Waals surface area (Å²) in [4.78, 5) is 51.1. The van der Waals surface area contributed by atoms with E-state index in [4.69, 9.17) is 4.11 Å². The summed E-state index contributed by atoms with van der Waals surface area (Å²) in [7, 11) is 0. The van der Waals surface area contributed by atoms with Crippen LogP contribution in [0, 0.1) is 17.0 Å². The largest absolute Gasteiger partial charge is 0.299 e. The second kappa shape index (κ2) is 5.38. The van der Waals surface area contributed by atoms with Crippen molar-refractivity contribution in [3.63, 3.8) is 0 Å². The topological polar surface area (TPSA) is 112 Å². The van der Waals surface area contributed by atoms with Crippen LogP contribution in [-0.2, 0) is 9.59 Å². The van der Waals surface area contributed by atoms with E-state index < -0.39 is 47.1 Å². The Morgan fingerprint density at radius 2 is 2.17 bits per heavy atom. The molecule has 0 amide bonds. The van der Waals surface area contributed by atoms with Gasteiger partial charge in [0.15, 0.2) is 5.78 Å². The number of non-ortho nitro benzene ring substituents is 1. The average molecular weight is 318 g/mol. The summed E-state index contributed by atoms with van der Waals surface area (Å²) in [6.07, 6.45) is -0.445. The Morgan fingerprint density at radius 1 is 1.39 bits per heavy atom. The number of hydrogen-bond acceptors (Lipinski definition) is 6. The van der Waals surface area contributed by atoms with Crippen LogP contribution in [0.2, 0.25) is 0 Å². The summed E-state index contributed by atoms with van der Waals surface area (Å²) < 4.78 is 23.6. The average Bonchev–Trinajstić information content (AvgIpc) is 2.54. The van der Waals surface area contributed by atoms with Crippen molar-refractivity contribution in [2.24, 2.45) is 0 Å². The van der Waals surface area contributed by atoms with E-state index in [2.05, 4.69) is 4.98 Å². The minimum Gasteiger partial charge on any atom is -0.299 e. The smallest absolute Gasteiger partial charge is 0.284 e. The Balaban J connectivity index is 2.39. The van der Waals surface area contributed by atoms with Crippen LogP contribution in [0.5, 0.6) is 0 Å². The maximum atomic E-state index is 13.0. The van der Waals surface area contributed by atoms with E-state index in [0.717, 1.165) is 6.07 Å². The van der Waals surface area contributed by atoms with E-state index in [1.54, 1.807) is 0 Å².